The van der Waals surface area contributed by atoms with Crippen molar-refractivity contribution >= 4 is 34.1 Å². The van der Waals surface area contributed by atoms with Crippen molar-refractivity contribution in [1.29, 1.82) is 0 Å². The number of morpholine rings is 1. The smallest absolute Gasteiger partial charge is 0.254 e. The van der Waals surface area contributed by atoms with Gasteiger partial charge in [-0.05, 0) is 23.6 Å². The topological polar surface area (TPSA) is 66.0 Å². The standard InChI is InChI=1S/C24H26N4O3S/c29-23(17-26-11-13-31-14-12-26)27-7-9-28(10-8-27)24(30)19-16-21(22-6-3-15-32-22)25-20-5-2-1-4-18(19)20/h1-6,15-16H,7-14,17H2. The van der Waals surface area contributed by atoms with Gasteiger partial charge >= 0.3 is 0 Å². The number of ether oxygens (including phenoxy) is 1. The number of aromatic nitrogens is 1. The van der Waals surface area contributed by atoms with Gasteiger partial charge in [0.25, 0.3) is 5.91 Å². The number of benzene rings is 1. The molecular weight excluding hydrogens is 424 g/mol. The average Bonchev–Trinajstić information content (AvgIpc) is 3.39. The van der Waals surface area contributed by atoms with E-state index in [9.17, 15) is 9.59 Å². The van der Waals surface area contributed by atoms with Gasteiger partial charge < -0.3 is 14.5 Å². The Morgan fingerprint density at radius 2 is 1.69 bits per heavy atom. The maximum Gasteiger partial charge on any atom is 0.254 e. The van der Waals surface area contributed by atoms with Crippen molar-refractivity contribution in [2.75, 3.05) is 59.0 Å². The highest BCUT2D eigenvalue weighted by Crippen LogP contribution is 2.28. The summed E-state index contributed by atoms with van der Waals surface area (Å²) in [5.74, 6) is 0.134. The van der Waals surface area contributed by atoms with Crippen LogP contribution in [0.5, 0.6) is 0 Å². The molecule has 2 aliphatic heterocycles. The van der Waals surface area contributed by atoms with Crippen molar-refractivity contribution < 1.29 is 14.3 Å². The Morgan fingerprint density at radius 1 is 0.938 bits per heavy atom. The van der Waals surface area contributed by atoms with Crippen molar-refractivity contribution in [2.45, 2.75) is 0 Å². The molecule has 3 aromatic rings. The molecule has 2 aliphatic rings. The largest absolute Gasteiger partial charge is 0.379 e. The summed E-state index contributed by atoms with van der Waals surface area (Å²) in [5.41, 5.74) is 2.31. The zero-order valence-electron chi connectivity index (χ0n) is 17.9. The maximum atomic E-state index is 13.5. The Balaban J connectivity index is 1.30. The predicted octanol–water partition coefficient (Wildman–Crippen LogP) is 2.58. The summed E-state index contributed by atoms with van der Waals surface area (Å²) in [7, 11) is 0. The fourth-order valence-corrected chi connectivity index (χ4v) is 4.97. The molecule has 4 heterocycles. The number of para-hydroxylation sites is 1. The van der Waals surface area contributed by atoms with E-state index in [-0.39, 0.29) is 11.8 Å². The van der Waals surface area contributed by atoms with E-state index in [4.69, 9.17) is 9.72 Å². The first kappa shape index (κ1) is 21.1. The van der Waals surface area contributed by atoms with Crippen molar-refractivity contribution in [2.24, 2.45) is 0 Å². The highest BCUT2D eigenvalue weighted by molar-refractivity contribution is 7.13. The Kier molecular flexibility index (Phi) is 6.16. The third kappa shape index (κ3) is 4.39. The fourth-order valence-electron chi connectivity index (χ4n) is 4.28. The number of carbonyl (C=O) groups is 2. The molecular formula is C24H26N4O3S. The van der Waals surface area contributed by atoms with Crippen LogP contribution in [0.4, 0.5) is 0 Å². The minimum Gasteiger partial charge on any atom is -0.379 e. The number of piperazine rings is 1. The molecule has 2 fully saturated rings. The van der Waals surface area contributed by atoms with Crippen LogP contribution in [0.15, 0.2) is 47.8 Å². The first-order valence-electron chi connectivity index (χ1n) is 11.0. The summed E-state index contributed by atoms with van der Waals surface area (Å²) >= 11 is 1.61. The second-order valence-electron chi connectivity index (χ2n) is 8.11. The lowest BCUT2D eigenvalue weighted by molar-refractivity contribution is -0.134. The Bertz CT molecular complexity index is 1100. The molecule has 5 rings (SSSR count). The fraction of sp³-hybridized carbons (Fsp3) is 0.375. The van der Waals surface area contributed by atoms with Gasteiger partial charge in [-0.2, -0.15) is 0 Å². The number of fused-ring (bicyclic) bond motifs is 1. The molecule has 8 heteroatoms. The molecule has 0 N–H and O–H groups in total. The molecule has 0 saturated carbocycles. The third-order valence-corrected chi connectivity index (χ3v) is 6.99. The Hall–Kier alpha value is -2.81. The summed E-state index contributed by atoms with van der Waals surface area (Å²) < 4.78 is 5.36. The number of carbonyl (C=O) groups excluding carboxylic acids is 2. The zero-order chi connectivity index (χ0) is 21.9. The second kappa shape index (κ2) is 9.36. The Labute approximate surface area is 191 Å². The number of nitrogens with zero attached hydrogens (tertiary/aromatic N) is 4. The van der Waals surface area contributed by atoms with Crippen molar-refractivity contribution in [3.63, 3.8) is 0 Å². The van der Waals surface area contributed by atoms with Crippen molar-refractivity contribution in [3.8, 4) is 10.6 Å². The van der Waals surface area contributed by atoms with Crippen molar-refractivity contribution in [3.05, 3.63) is 53.4 Å². The van der Waals surface area contributed by atoms with Crippen LogP contribution in [0.3, 0.4) is 0 Å². The van der Waals surface area contributed by atoms with Crippen LogP contribution < -0.4 is 0 Å². The minimum atomic E-state index is 0.00156. The molecule has 2 aromatic heterocycles. The number of rotatable bonds is 4. The minimum absolute atomic E-state index is 0.00156. The normalized spacial score (nSPS) is 17.6. The van der Waals surface area contributed by atoms with Crippen LogP contribution in [0.2, 0.25) is 0 Å². The number of hydrogen-bond donors (Lipinski definition) is 0. The third-order valence-electron chi connectivity index (χ3n) is 6.10. The second-order valence-corrected chi connectivity index (χ2v) is 9.06. The van der Waals surface area contributed by atoms with Gasteiger partial charge in [0, 0.05) is 44.7 Å². The lowest BCUT2D eigenvalue weighted by atomic mass is 10.1. The van der Waals surface area contributed by atoms with Crippen LogP contribution in [0.25, 0.3) is 21.5 Å². The highest BCUT2D eigenvalue weighted by atomic mass is 32.1. The Morgan fingerprint density at radius 3 is 2.44 bits per heavy atom. The van der Waals surface area contributed by atoms with Gasteiger partial charge in [-0.3, -0.25) is 14.5 Å². The molecule has 1 aromatic carbocycles. The highest BCUT2D eigenvalue weighted by Gasteiger charge is 2.27. The summed E-state index contributed by atoms with van der Waals surface area (Å²) in [6.07, 6.45) is 0. The lowest BCUT2D eigenvalue weighted by Gasteiger charge is -2.36. The summed E-state index contributed by atoms with van der Waals surface area (Å²) in [6.45, 7) is 5.60. The van der Waals surface area contributed by atoms with E-state index in [1.54, 1.807) is 11.3 Å². The predicted molar refractivity (Wildman–Crippen MR) is 125 cm³/mol. The van der Waals surface area contributed by atoms with E-state index < -0.39 is 0 Å². The molecule has 0 radical (unpaired) electrons. The summed E-state index contributed by atoms with van der Waals surface area (Å²) in [5, 5.41) is 2.88. The van der Waals surface area contributed by atoms with E-state index >= 15 is 0 Å². The molecule has 0 unspecified atom stereocenters. The van der Waals surface area contributed by atoms with Crippen LogP contribution >= 0.6 is 11.3 Å². The van der Waals surface area contributed by atoms with Crippen LogP contribution in [-0.2, 0) is 9.53 Å². The molecule has 0 atom stereocenters. The quantitative estimate of drug-likeness (QED) is 0.611. The summed E-state index contributed by atoms with van der Waals surface area (Å²) in [6, 6.07) is 13.7. The van der Waals surface area contributed by atoms with E-state index in [1.807, 2.05) is 57.6 Å². The molecule has 0 spiro atoms. The molecule has 0 aliphatic carbocycles. The van der Waals surface area contributed by atoms with Gasteiger partial charge in [0.2, 0.25) is 5.91 Å². The van der Waals surface area contributed by atoms with Crippen LogP contribution in [0.1, 0.15) is 10.4 Å². The number of hydrogen-bond acceptors (Lipinski definition) is 6. The zero-order valence-corrected chi connectivity index (χ0v) is 18.7. The van der Waals surface area contributed by atoms with Gasteiger partial charge in [-0.15, -0.1) is 11.3 Å². The molecule has 7 nitrogen and oxygen atoms in total. The first-order valence-corrected chi connectivity index (χ1v) is 11.9. The lowest BCUT2D eigenvalue weighted by Crippen LogP contribution is -2.53. The van der Waals surface area contributed by atoms with Crippen LogP contribution in [0, 0.1) is 0 Å². The molecule has 2 saturated heterocycles. The van der Waals surface area contributed by atoms with Gasteiger partial charge in [0.15, 0.2) is 0 Å². The maximum absolute atomic E-state index is 13.5. The monoisotopic (exact) mass is 450 g/mol. The number of thiophene rings is 1. The van der Waals surface area contributed by atoms with E-state index in [0.717, 1.165) is 34.6 Å². The van der Waals surface area contributed by atoms with Gasteiger partial charge in [-0.25, -0.2) is 4.98 Å². The molecule has 166 valence electrons. The van der Waals surface area contributed by atoms with Crippen molar-refractivity contribution in [1.82, 2.24) is 19.7 Å². The molecule has 2 amide bonds. The molecule has 0 bridgehead atoms. The number of pyridine rings is 1. The van der Waals surface area contributed by atoms with Crippen LogP contribution in [-0.4, -0.2) is 90.5 Å². The number of amides is 2. The van der Waals surface area contributed by atoms with Gasteiger partial charge in [0.05, 0.1) is 41.4 Å². The average molecular weight is 451 g/mol. The first-order chi connectivity index (χ1) is 15.7. The summed E-state index contributed by atoms with van der Waals surface area (Å²) in [4.78, 5) is 37.9. The molecule has 32 heavy (non-hydrogen) atoms. The SMILES string of the molecule is O=C(CN1CCOCC1)N1CCN(C(=O)c2cc(-c3cccs3)nc3ccccc23)CC1. The van der Waals surface area contributed by atoms with E-state index in [1.165, 1.54) is 0 Å². The van der Waals surface area contributed by atoms with E-state index in [0.29, 0.717) is 51.5 Å². The van der Waals surface area contributed by atoms with Gasteiger partial charge in [0.1, 0.15) is 0 Å². The van der Waals surface area contributed by atoms with Gasteiger partial charge in [-0.1, -0.05) is 24.3 Å². The van der Waals surface area contributed by atoms with E-state index in [2.05, 4.69) is 4.90 Å².